The maximum atomic E-state index is 11.7. The molecule has 0 aromatic heterocycles. The standard InChI is InChI=1S/C16H23N3O4/c1-21-13-6-11(7-14(22-2)15(13)23-3)9-18-4-5-19-12(10-18)8-17-16(19)20/h6-7,12H,4-5,8-10H2,1-3H3,(H,17,20). The summed E-state index contributed by atoms with van der Waals surface area (Å²) in [6, 6.07) is 4.28. The molecule has 2 aliphatic rings. The Hall–Kier alpha value is -2.15. The smallest absolute Gasteiger partial charge is 0.317 e. The van der Waals surface area contributed by atoms with Gasteiger partial charge in [0.2, 0.25) is 5.75 Å². The van der Waals surface area contributed by atoms with Gasteiger partial charge in [-0.15, -0.1) is 0 Å². The molecule has 2 aliphatic heterocycles. The number of hydrogen-bond acceptors (Lipinski definition) is 5. The Balaban J connectivity index is 1.74. The van der Waals surface area contributed by atoms with Crippen LogP contribution in [-0.4, -0.2) is 69.4 Å². The van der Waals surface area contributed by atoms with E-state index in [-0.39, 0.29) is 12.1 Å². The van der Waals surface area contributed by atoms with Gasteiger partial charge in [-0.05, 0) is 17.7 Å². The number of rotatable bonds is 5. The predicted octanol–water partition coefficient (Wildman–Crippen LogP) is 0.922. The van der Waals surface area contributed by atoms with E-state index in [1.807, 2.05) is 17.0 Å². The molecule has 2 amide bonds. The van der Waals surface area contributed by atoms with Crippen LogP contribution in [0.5, 0.6) is 17.2 Å². The molecule has 0 bridgehead atoms. The third-order valence-corrected chi connectivity index (χ3v) is 4.45. The molecule has 0 aliphatic carbocycles. The Labute approximate surface area is 136 Å². The van der Waals surface area contributed by atoms with Crippen LogP contribution in [0.3, 0.4) is 0 Å². The van der Waals surface area contributed by atoms with E-state index in [2.05, 4.69) is 10.2 Å². The molecule has 1 aromatic rings. The van der Waals surface area contributed by atoms with Gasteiger partial charge < -0.3 is 24.4 Å². The number of benzene rings is 1. The molecule has 1 aromatic carbocycles. The molecule has 126 valence electrons. The lowest BCUT2D eigenvalue weighted by atomic mass is 10.1. The van der Waals surface area contributed by atoms with Gasteiger partial charge in [-0.3, -0.25) is 4.90 Å². The molecule has 1 unspecified atom stereocenters. The third kappa shape index (κ3) is 3.01. The number of fused-ring (bicyclic) bond motifs is 1. The first-order valence-corrected chi connectivity index (χ1v) is 7.72. The molecular weight excluding hydrogens is 298 g/mol. The lowest BCUT2D eigenvalue weighted by Gasteiger charge is -2.36. The van der Waals surface area contributed by atoms with Crippen molar-refractivity contribution in [3.8, 4) is 17.2 Å². The summed E-state index contributed by atoms with van der Waals surface area (Å²) >= 11 is 0. The summed E-state index contributed by atoms with van der Waals surface area (Å²) in [5.74, 6) is 1.94. The van der Waals surface area contributed by atoms with Crippen molar-refractivity contribution in [2.75, 3.05) is 47.5 Å². The van der Waals surface area contributed by atoms with Crippen LogP contribution in [0, 0.1) is 0 Å². The van der Waals surface area contributed by atoms with Crippen molar-refractivity contribution in [2.45, 2.75) is 12.6 Å². The van der Waals surface area contributed by atoms with E-state index in [0.29, 0.717) is 17.2 Å². The number of hydrogen-bond donors (Lipinski definition) is 1. The first-order chi connectivity index (χ1) is 11.2. The molecule has 2 heterocycles. The van der Waals surface area contributed by atoms with E-state index in [4.69, 9.17) is 14.2 Å². The van der Waals surface area contributed by atoms with Crippen molar-refractivity contribution in [1.82, 2.24) is 15.1 Å². The quantitative estimate of drug-likeness (QED) is 0.874. The number of nitrogens with one attached hydrogen (secondary N) is 1. The topological polar surface area (TPSA) is 63.3 Å². The Morgan fingerprint density at radius 2 is 1.83 bits per heavy atom. The lowest BCUT2D eigenvalue weighted by Crippen LogP contribution is -2.51. The second kappa shape index (κ2) is 6.54. The number of piperazine rings is 1. The molecule has 0 spiro atoms. The molecule has 23 heavy (non-hydrogen) atoms. The highest BCUT2D eigenvalue weighted by atomic mass is 16.5. The van der Waals surface area contributed by atoms with Crippen LogP contribution >= 0.6 is 0 Å². The number of carbonyl (C=O) groups is 1. The van der Waals surface area contributed by atoms with Crippen molar-refractivity contribution in [2.24, 2.45) is 0 Å². The monoisotopic (exact) mass is 321 g/mol. The van der Waals surface area contributed by atoms with Crippen LogP contribution in [0.4, 0.5) is 4.79 Å². The van der Waals surface area contributed by atoms with Gasteiger partial charge >= 0.3 is 6.03 Å². The van der Waals surface area contributed by atoms with Crippen molar-refractivity contribution in [3.63, 3.8) is 0 Å². The number of carbonyl (C=O) groups excluding carboxylic acids is 1. The van der Waals surface area contributed by atoms with E-state index < -0.39 is 0 Å². The zero-order chi connectivity index (χ0) is 16.4. The average Bonchev–Trinajstić information content (AvgIpc) is 2.94. The number of urea groups is 1. The molecule has 7 nitrogen and oxygen atoms in total. The van der Waals surface area contributed by atoms with Crippen LogP contribution in [0.15, 0.2) is 12.1 Å². The molecule has 1 atom stereocenters. The normalized spacial score (nSPS) is 20.9. The van der Waals surface area contributed by atoms with Crippen molar-refractivity contribution < 1.29 is 19.0 Å². The largest absolute Gasteiger partial charge is 0.493 e. The highest BCUT2D eigenvalue weighted by Crippen LogP contribution is 2.38. The Bertz CT molecular complexity index is 568. The summed E-state index contributed by atoms with van der Waals surface area (Å²) in [5.41, 5.74) is 1.10. The van der Waals surface area contributed by atoms with Crippen LogP contribution in [0.1, 0.15) is 5.56 Å². The number of ether oxygens (including phenoxy) is 3. The minimum Gasteiger partial charge on any atom is -0.493 e. The molecule has 1 N–H and O–H groups in total. The molecule has 0 saturated carbocycles. The Kier molecular flexibility index (Phi) is 4.47. The highest BCUT2D eigenvalue weighted by Gasteiger charge is 2.35. The SMILES string of the molecule is COc1cc(CN2CCN3C(=O)NCC3C2)cc(OC)c1OC. The van der Waals surface area contributed by atoms with Gasteiger partial charge in [0.15, 0.2) is 11.5 Å². The minimum absolute atomic E-state index is 0.0578. The van der Waals surface area contributed by atoms with Gasteiger partial charge in [-0.1, -0.05) is 0 Å². The first kappa shape index (κ1) is 15.7. The summed E-state index contributed by atoms with van der Waals surface area (Å²) < 4.78 is 16.2. The van der Waals surface area contributed by atoms with Crippen molar-refractivity contribution in [3.05, 3.63) is 17.7 Å². The zero-order valence-electron chi connectivity index (χ0n) is 13.8. The lowest BCUT2D eigenvalue weighted by molar-refractivity contribution is 0.116. The van der Waals surface area contributed by atoms with E-state index in [9.17, 15) is 4.79 Å². The van der Waals surface area contributed by atoms with E-state index >= 15 is 0 Å². The summed E-state index contributed by atoms with van der Waals surface area (Å²) in [6.45, 7) is 4.01. The van der Waals surface area contributed by atoms with Gasteiger partial charge in [-0.2, -0.15) is 0 Å². The molecule has 3 rings (SSSR count). The highest BCUT2D eigenvalue weighted by molar-refractivity contribution is 5.77. The summed E-state index contributed by atoms with van der Waals surface area (Å²) in [7, 11) is 4.84. The minimum atomic E-state index is 0.0578. The second-order valence-corrected chi connectivity index (χ2v) is 5.80. The van der Waals surface area contributed by atoms with E-state index in [0.717, 1.165) is 38.3 Å². The number of methoxy groups -OCH3 is 3. The average molecular weight is 321 g/mol. The van der Waals surface area contributed by atoms with Gasteiger partial charge in [0.1, 0.15) is 0 Å². The van der Waals surface area contributed by atoms with E-state index in [1.54, 1.807) is 21.3 Å². The second-order valence-electron chi connectivity index (χ2n) is 5.80. The molecular formula is C16H23N3O4. The molecule has 0 radical (unpaired) electrons. The summed E-state index contributed by atoms with van der Waals surface area (Å²) in [4.78, 5) is 15.9. The Morgan fingerprint density at radius 3 is 2.43 bits per heavy atom. The van der Waals surface area contributed by atoms with E-state index in [1.165, 1.54) is 0 Å². The van der Waals surface area contributed by atoms with Gasteiger partial charge in [0.05, 0.1) is 27.4 Å². The van der Waals surface area contributed by atoms with Gasteiger partial charge in [0.25, 0.3) is 0 Å². The number of amides is 2. The summed E-state index contributed by atoms with van der Waals surface area (Å²) in [6.07, 6.45) is 0. The van der Waals surface area contributed by atoms with Crippen LogP contribution in [-0.2, 0) is 6.54 Å². The van der Waals surface area contributed by atoms with Gasteiger partial charge in [0, 0.05) is 32.7 Å². The summed E-state index contributed by atoms with van der Waals surface area (Å²) in [5, 5.41) is 2.90. The van der Waals surface area contributed by atoms with Crippen molar-refractivity contribution in [1.29, 1.82) is 0 Å². The first-order valence-electron chi connectivity index (χ1n) is 7.72. The van der Waals surface area contributed by atoms with Gasteiger partial charge in [-0.25, -0.2) is 4.79 Å². The third-order valence-electron chi connectivity index (χ3n) is 4.45. The maximum Gasteiger partial charge on any atom is 0.317 e. The van der Waals surface area contributed by atoms with Crippen LogP contribution in [0.25, 0.3) is 0 Å². The fourth-order valence-corrected chi connectivity index (χ4v) is 3.30. The van der Waals surface area contributed by atoms with Crippen LogP contribution < -0.4 is 19.5 Å². The molecule has 2 fully saturated rings. The molecule has 7 heteroatoms. The number of nitrogens with zero attached hydrogens (tertiary/aromatic N) is 2. The zero-order valence-corrected chi connectivity index (χ0v) is 13.8. The Morgan fingerprint density at radius 1 is 1.13 bits per heavy atom. The molecule has 2 saturated heterocycles. The maximum absolute atomic E-state index is 11.7. The van der Waals surface area contributed by atoms with Crippen molar-refractivity contribution >= 4 is 6.03 Å². The fourth-order valence-electron chi connectivity index (χ4n) is 3.30. The predicted molar refractivity (Wildman–Crippen MR) is 85.3 cm³/mol. The van der Waals surface area contributed by atoms with Crippen LogP contribution in [0.2, 0.25) is 0 Å². The fraction of sp³-hybridized carbons (Fsp3) is 0.562.